The maximum atomic E-state index is 11.4. The molecule has 5 nitrogen and oxygen atoms in total. The fraction of sp³-hybridized carbons (Fsp3) is 0.421. The Balaban J connectivity index is 1.68. The predicted molar refractivity (Wildman–Crippen MR) is 93.6 cm³/mol. The van der Waals surface area contributed by atoms with Crippen LogP contribution in [0.1, 0.15) is 30.5 Å². The van der Waals surface area contributed by atoms with Crippen LogP contribution in [0.5, 0.6) is 0 Å². The molecule has 0 bridgehead atoms. The molecule has 1 aromatic carbocycles. The quantitative estimate of drug-likeness (QED) is 0.941. The molecule has 1 fully saturated rings. The number of nitrogens with two attached hydrogens (primary N) is 1. The fourth-order valence-electron chi connectivity index (χ4n) is 3.77. The lowest BCUT2D eigenvalue weighted by Gasteiger charge is -2.32. The second-order valence-corrected chi connectivity index (χ2v) is 6.68. The molecule has 0 radical (unpaired) electrons. The van der Waals surface area contributed by atoms with Crippen molar-refractivity contribution in [2.75, 3.05) is 18.0 Å². The molecule has 2 aliphatic rings. The van der Waals surface area contributed by atoms with E-state index in [0.717, 1.165) is 62.4 Å². The molecule has 0 unspecified atom stereocenters. The Bertz CT molecular complexity index is 751. The van der Waals surface area contributed by atoms with E-state index in [1.807, 2.05) is 18.2 Å². The van der Waals surface area contributed by atoms with E-state index in [9.17, 15) is 4.79 Å². The molecule has 4 rings (SSSR count). The van der Waals surface area contributed by atoms with E-state index in [-0.39, 0.29) is 11.8 Å². The SMILES string of the molecule is NC(=O)C1CCN(c2nc(-c3ccccc3)nc3c2CCC3)CC1. The van der Waals surface area contributed by atoms with Crippen LogP contribution in [0.4, 0.5) is 5.82 Å². The average molecular weight is 322 g/mol. The van der Waals surface area contributed by atoms with Gasteiger partial charge in [0.2, 0.25) is 5.91 Å². The molecule has 0 atom stereocenters. The number of carbonyl (C=O) groups is 1. The summed E-state index contributed by atoms with van der Waals surface area (Å²) in [5, 5.41) is 0. The van der Waals surface area contributed by atoms with Crippen molar-refractivity contribution in [3.05, 3.63) is 41.6 Å². The van der Waals surface area contributed by atoms with Gasteiger partial charge in [-0.05, 0) is 32.1 Å². The van der Waals surface area contributed by atoms with E-state index in [1.165, 1.54) is 11.3 Å². The van der Waals surface area contributed by atoms with Gasteiger partial charge in [-0.1, -0.05) is 30.3 Å². The van der Waals surface area contributed by atoms with Crippen LogP contribution in [0.25, 0.3) is 11.4 Å². The summed E-state index contributed by atoms with van der Waals surface area (Å²) in [6, 6.07) is 10.2. The summed E-state index contributed by atoms with van der Waals surface area (Å²) in [6.07, 6.45) is 4.86. The van der Waals surface area contributed by atoms with E-state index < -0.39 is 0 Å². The number of rotatable bonds is 3. The van der Waals surface area contributed by atoms with Crippen LogP contribution in [-0.4, -0.2) is 29.0 Å². The number of fused-ring (bicyclic) bond motifs is 1. The second-order valence-electron chi connectivity index (χ2n) is 6.68. The van der Waals surface area contributed by atoms with Gasteiger partial charge in [-0.3, -0.25) is 4.79 Å². The highest BCUT2D eigenvalue weighted by Crippen LogP contribution is 2.33. The van der Waals surface area contributed by atoms with Crippen molar-refractivity contribution < 1.29 is 4.79 Å². The van der Waals surface area contributed by atoms with Gasteiger partial charge in [-0.2, -0.15) is 0 Å². The molecule has 0 saturated carbocycles. The summed E-state index contributed by atoms with van der Waals surface area (Å²) in [7, 11) is 0. The molecule has 1 amide bonds. The Labute approximate surface area is 141 Å². The van der Waals surface area contributed by atoms with Crippen LogP contribution in [0.15, 0.2) is 30.3 Å². The largest absolute Gasteiger partial charge is 0.369 e. The molecule has 1 aliphatic carbocycles. The van der Waals surface area contributed by atoms with Gasteiger partial charge in [0.1, 0.15) is 5.82 Å². The molecule has 0 spiro atoms. The van der Waals surface area contributed by atoms with Crippen LogP contribution >= 0.6 is 0 Å². The van der Waals surface area contributed by atoms with Gasteiger partial charge >= 0.3 is 0 Å². The van der Waals surface area contributed by atoms with E-state index in [1.54, 1.807) is 0 Å². The minimum absolute atomic E-state index is 0.00438. The third-order valence-corrected chi connectivity index (χ3v) is 5.14. The summed E-state index contributed by atoms with van der Waals surface area (Å²) >= 11 is 0. The Morgan fingerprint density at radius 2 is 1.83 bits per heavy atom. The first-order chi connectivity index (χ1) is 11.7. The van der Waals surface area contributed by atoms with Gasteiger partial charge in [-0.15, -0.1) is 0 Å². The number of aryl methyl sites for hydroxylation is 1. The van der Waals surface area contributed by atoms with Crippen LogP contribution in [0.3, 0.4) is 0 Å². The monoisotopic (exact) mass is 322 g/mol. The molecule has 2 N–H and O–H groups in total. The van der Waals surface area contributed by atoms with Crippen molar-refractivity contribution in [2.45, 2.75) is 32.1 Å². The maximum Gasteiger partial charge on any atom is 0.220 e. The van der Waals surface area contributed by atoms with Crippen LogP contribution < -0.4 is 10.6 Å². The number of carbonyl (C=O) groups excluding carboxylic acids is 1. The van der Waals surface area contributed by atoms with Gasteiger partial charge in [0, 0.05) is 35.8 Å². The standard InChI is InChI=1S/C19H22N4O/c20-17(24)13-9-11-23(12-10-13)19-15-7-4-8-16(15)21-18(22-19)14-5-2-1-3-6-14/h1-3,5-6,13H,4,7-12H2,(H2,20,24). The highest BCUT2D eigenvalue weighted by Gasteiger charge is 2.28. The summed E-state index contributed by atoms with van der Waals surface area (Å²) in [6.45, 7) is 1.68. The zero-order valence-corrected chi connectivity index (χ0v) is 13.7. The summed E-state index contributed by atoms with van der Waals surface area (Å²) in [5.41, 5.74) is 9.00. The van der Waals surface area contributed by atoms with E-state index in [2.05, 4.69) is 17.0 Å². The number of hydrogen-bond acceptors (Lipinski definition) is 4. The number of hydrogen-bond donors (Lipinski definition) is 1. The number of nitrogens with zero attached hydrogens (tertiary/aromatic N) is 3. The fourth-order valence-corrected chi connectivity index (χ4v) is 3.77. The molecular formula is C19H22N4O. The van der Waals surface area contributed by atoms with Crippen molar-refractivity contribution in [2.24, 2.45) is 11.7 Å². The van der Waals surface area contributed by atoms with Crippen molar-refractivity contribution in [1.29, 1.82) is 0 Å². The molecule has 5 heteroatoms. The predicted octanol–water partition coefficient (Wildman–Crippen LogP) is 2.33. The molecular weight excluding hydrogens is 300 g/mol. The van der Waals surface area contributed by atoms with Crippen molar-refractivity contribution in [1.82, 2.24) is 9.97 Å². The van der Waals surface area contributed by atoms with Gasteiger partial charge in [-0.25, -0.2) is 9.97 Å². The molecule has 2 aromatic rings. The first-order valence-corrected chi connectivity index (χ1v) is 8.72. The lowest BCUT2D eigenvalue weighted by Crippen LogP contribution is -2.39. The number of aromatic nitrogens is 2. The molecule has 1 aliphatic heterocycles. The summed E-state index contributed by atoms with van der Waals surface area (Å²) < 4.78 is 0. The smallest absolute Gasteiger partial charge is 0.220 e. The first-order valence-electron chi connectivity index (χ1n) is 8.72. The molecule has 2 heterocycles. The minimum Gasteiger partial charge on any atom is -0.369 e. The highest BCUT2D eigenvalue weighted by molar-refractivity contribution is 5.77. The first kappa shape index (κ1) is 15.1. The van der Waals surface area contributed by atoms with E-state index >= 15 is 0 Å². The summed E-state index contributed by atoms with van der Waals surface area (Å²) in [4.78, 5) is 23.4. The molecule has 1 saturated heterocycles. The topological polar surface area (TPSA) is 72.1 Å². The van der Waals surface area contributed by atoms with Crippen molar-refractivity contribution in [3.8, 4) is 11.4 Å². The van der Waals surface area contributed by atoms with Crippen molar-refractivity contribution >= 4 is 11.7 Å². The Kier molecular flexibility index (Phi) is 3.92. The Hall–Kier alpha value is -2.43. The Morgan fingerprint density at radius 1 is 1.08 bits per heavy atom. The Morgan fingerprint density at radius 3 is 2.54 bits per heavy atom. The number of anilines is 1. The summed E-state index contributed by atoms with van der Waals surface area (Å²) in [5.74, 6) is 1.71. The minimum atomic E-state index is -0.174. The van der Waals surface area contributed by atoms with Gasteiger partial charge < -0.3 is 10.6 Å². The molecule has 24 heavy (non-hydrogen) atoms. The van der Waals surface area contributed by atoms with Crippen molar-refractivity contribution in [3.63, 3.8) is 0 Å². The molecule has 1 aromatic heterocycles. The van der Waals surface area contributed by atoms with Gasteiger partial charge in [0.15, 0.2) is 5.82 Å². The van der Waals surface area contributed by atoms with Gasteiger partial charge in [0.25, 0.3) is 0 Å². The zero-order valence-electron chi connectivity index (χ0n) is 13.7. The second kappa shape index (κ2) is 6.23. The van der Waals surface area contributed by atoms with Crippen LogP contribution in [-0.2, 0) is 17.6 Å². The zero-order chi connectivity index (χ0) is 16.5. The average Bonchev–Trinajstić information content (AvgIpc) is 3.10. The van der Waals surface area contributed by atoms with E-state index in [4.69, 9.17) is 15.7 Å². The lowest BCUT2D eigenvalue weighted by atomic mass is 9.96. The molecule has 124 valence electrons. The highest BCUT2D eigenvalue weighted by atomic mass is 16.1. The van der Waals surface area contributed by atoms with Crippen LogP contribution in [0, 0.1) is 5.92 Å². The normalized spacial score (nSPS) is 17.8. The van der Waals surface area contributed by atoms with Crippen LogP contribution in [0.2, 0.25) is 0 Å². The van der Waals surface area contributed by atoms with E-state index in [0.29, 0.717) is 0 Å². The number of primary amides is 1. The third-order valence-electron chi connectivity index (χ3n) is 5.14. The maximum absolute atomic E-state index is 11.4. The number of benzene rings is 1. The van der Waals surface area contributed by atoms with Gasteiger partial charge in [0.05, 0.1) is 0 Å². The number of amides is 1. The number of piperidine rings is 1. The third kappa shape index (κ3) is 2.75. The lowest BCUT2D eigenvalue weighted by molar-refractivity contribution is -0.122.